The first-order valence-corrected chi connectivity index (χ1v) is 6.79. The van der Waals surface area contributed by atoms with Crippen molar-refractivity contribution in [2.45, 2.75) is 13.8 Å². The molecule has 0 spiro atoms. The molecule has 0 amide bonds. The van der Waals surface area contributed by atoms with E-state index in [9.17, 15) is 0 Å². The van der Waals surface area contributed by atoms with Gasteiger partial charge in [-0.2, -0.15) is 35.9 Å². The minimum Gasteiger partial charge on any atom is -0.224 e. The third kappa shape index (κ3) is 4.12. The molecule has 1 heteroatoms. The Balaban J connectivity index is 0.00000161. The number of hydrogen-bond donors (Lipinski definition) is 0. The fourth-order valence-corrected chi connectivity index (χ4v) is 2.22. The molecule has 0 aliphatic carbocycles. The van der Waals surface area contributed by atoms with Gasteiger partial charge in [0, 0.05) is 32.7 Å². The summed E-state index contributed by atoms with van der Waals surface area (Å²) in [7, 11) is 0. The second-order valence-electron chi connectivity index (χ2n) is 5.18. The van der Waals surface area contributed by atoms with Crippen LogP contribution >= 0.6 is 0 Å². The van der Waals surface area contributed by atoms with Crippen LogP contribution in [0.5, 0.6) is 0 Å². The fraction of sp³-hybridized carbons (Fsp3) is 0.100. The largest absolute Gasteiger partial charge is 0.224 e. The molecule has 0 bridgehead atoms. The van der Waals surface area contributed by atoms with Gasteiger partial charge in [-0.1, -0.05) is 42.1 Å². The number of benzene rings is 3. The van der Waals surface area contributed by atoms with Crippen molar-refractivity contribution in [2.75, 3.05) is 0 Å². The van der Waals surface area contributed by atoms with Crippen LogP contribution in [0.4, 0.5) is 0 Å². The zero-order valence-electron chi connectivity index (χ0n) is 12.4. The van der Waals surface area contributed by atoms with Crippen LogP contribution in [-0.4, -0.2) is 0 Å². The van der Waals surface area contributed by atoms with Gasteiger partial charge in [0.05, 0.1) is 0 Å². The minimum atomic E-state index is 0. The molecule has 0 aliphatic heterocycles. The van der Waals surface area contributed by atoms with Gasteiger partial charge < -0.3 is 0 Å². The number of rotatable bonds is 2. The maximum atomic E-state index is 3.33. The number of hydrogen-bond acceptors (Lipinski definition) is 0. The van der Waals surface area contributed by atoms with Gasteiger partial charge in [0.1, 0.15) is 0 Å². The molecule has 3 aromatic rings. The molecule has 0 nitrogen and oxygen atoms in total. The van der Waals surface area contributed by atoms with Crippen molar-refractivity contribution in [3.63, 3.8) is 0 Å². The van der Waals surface area contributed by atoms with Crippen molar-refractivity contribution in [2.24, 2.45) is 0 Å². The predicted octanol–water partition coefficient (Wildman–Crippen LogP) is 5.12. The van der Waals surface area contributed by atoms with E-state index in [2.05, 4.69) is 74.5 Å². The van der Waals surface area contributed by atoms with E-state index in [1.54, 1.807) is 0 Å². The Morgan fingerprint density at radius 3 is 2.33 bits per heavy atom. The summed E-state index contributed by atoms with van der Waals surface area (Å²) in [5.41, 5.74) is 4.66. The molecule has 3 rings (SSSR count). The average Bonchev–Trinajstić information content (AvgIpc) is 2.46. The van der Waals surface area contributed by atoms with E-state index in [4.69, 9.17) is 0 Å². The summed E-state index contributed by atoms with van der Waals surface area (Å²) < 4.78 is 0. The van der Waals surface area contributed by atoms with Crippen molar-refractivity contribution in [3.8, 4) is 0 Å². The van der Waals surface area contributed by atoms with Gasteiger partial charge in [0.25, 0.3) is 0 Å². The third-order valence-corrected chi connectivity index (χ3v) is 3.38. The Kier molecular flexibility index (Phi) is 5.50. The molecule has 101 valence electrons. The van der Waals surface area contributed by atoms with Gasteiger partial charge >= 0.3 is 0 Å². The Labute approximate surface area is 151 Å². The molecule has 0 N–H and O–H groups in total. The summed E-state index contributed by atoms with van der Waals surface area (Å²) in [6.07, 6.45) is 5.31. The van der Waals surface area contributed by atoms with Crippen LogP contribution in [0.25, 0.3) is 16.8 Å². The molecule has 21 heavy (non-hydrogen) atoms. The van der Waals surface area contributed by atoms with Gasteiger partial charge in [-0.05, 0) is 12.3 Å². The maximum Gasteiger partial charge on any atom is 0 e. The zero-order valence-corrected chi connectivity index (χ0v) is 15.2. The van der Waals surface area contributed by atoms with Crippen LogP contribution in [0.3, 0.4) is 0 Å². The minimum absolute atomic E-state index is 0. The quantitative estimate of drug-likeness (QED) is 0.447. The summed E-state index contributed by atoms with van der Waals surface area (Å²) in [5.74, 6) is 0. The average molecular weight is 345 g/mol. The molecule has 0 unspecified atom stereocenters. The Morgan fingerprint density at radius 1 is 0.857 bits per heavy atom. The predicted molar refractivity (Wildman–Crippen MR) is 85.5 cm³/mol. The van der Waals surface area contributed by atoms with Crippen molar-refractivity contribution in [3.05, 3.63) is 89.0 Å². The summed E-state index contributed by atoms with van der Waals surface area (Å²) >= 11 is 0. The monoisotopic (exact) mass is 345 g/mol. The molecular formula is C20H16Y-2. The van der Waals surface area contributed by atoms with Gasteiger partial charge in [0.15, 0.2) is 0 Å². The molecule has 0 saturated carbocycles. The second-order valence-corrected chi connectivity index (χ2v) is 5.18. The van der Waals surface area contributed by atoms with Crippen molar-refractivity contribution in [1.29, 1.82) is 0 Å². The van der Waals surface area contributed by atoms with E-state index in [0.29, 0.717) is 0 Å². The number of fused-ring (bicyclic) bond motifs is 1. The first-order chi connectivity index (χ1) is 9.70. The smallest absolute Gasteiger partial charge is 0 e. The topological polar surface area (TPSA) is 0 Å². The van der Waals surface area contributed by atoms with Crippen LogP contribution in [0.2, 0.25) is 0 Å². The molecule has 0 heterocycles. The van der Waals surface area contributed by atoms with Gasteiger partial charge in [-0.15, -0.1) is 17.7 Å². The van der Waals surface area contributed by atoms with Crippen LogP contribution in [-0.2, 0) is 32.7 Å². The van der Waals surface area contributed by atoms with E-state index in [0.717, 1.165) is 11.1 Å². The Morgan fingerprint density at radius 2 is 1.57 bits per heavy atom. The summed E-state index contributed by atoms with van der Waals surface area (Å²) in [6.45, 7) is 4.19. The number of aryl methyl sites for hydroxylation is 2. The zero-order chi connectivity index (χ0) is 13.9. The van der Waals surface area contributed by atoms with E-state index in [-0.39, 0.29) is 32.7 Å². The van der Waals surface area contributed by atoms with E-state index in [1.807, 2.05) is 12.1 Å². The molecular weight excluding hydrogens is 329 g/mol. The van der Waals surface area contributed by atoms with Crippen LogP contribution in [0.1, 0.15) is 22.3 Å². The molecule has 0 fully saturated rings. The van der Waals surface area contributed by atoms with Crippen LogP contribution in [0, 0.1) is 26.0 Å². The first-order valence-electron chi connectivity index (χ1n) is 6.79. The Hall–Kier alpha value is -1.24. The van der Waals surface area contributed by atoms with Gasteiger partial charge in [-0.3, -0.25) is 0 Å². The maximum absolute atomic E-state index is 3.33. The van der Waals surface area contributed by atoms with Crippen molar-refractivity contribution in [1.82, 2.24) is 0 Å². The summed E-state index contributed by atoms with van der Waals surface area (Å²) in [5, 5.41) is 2.53. The molecule has 0 saturated heterocycles. The molecule has 1 radical (unpaired) electrons. The van der Waals surface area contributed by atoms with Crippen LogP contribution < -0.4 is 0 Å². The van der Waals surface area contributed by atoms with Crippen molar-refractivity contribution < 1.29 is 32.7 Å². The van der Waals surface area contributed by atoms with Gasteiger partial charge in [0.2, 0.25) is 0 Å². The van der Waals surface area contributed by atoms with Gasteiger partial charge in [-0.25, -0.2) is 11.6 Å². The Bertz CT molecular complexity index is 767. The van der Waals surface area contributed by atoms with E-state index >= 15 is 0 Å². The molecule has 0 aliphatic rings. The van der Waals surface area contributed by atoms with Crippen molar-refractivity contribution >= 4 is 16.8 Å². The third-order valence-electron chi connectivity index (χ3n) is 3.38. The van der Waals surface area contributed by atoms with E-state index in [1.165, 1.54) is 21.9 Å². The molecule has 3 aromatic carbocycles. The second kappa shape index (κ2) is 7.16. The molecule has 0 atom stereocenters. The summed E-state index contributed by atoms with van der Waals surface area (Å²) in [4.78, 5) is 0. The van der Waals surface area contributed by atoms with E-state index < -0.39 is 0 Å². The SMILES string of the molecule is Cc1c[c-]c(C=[C-]c2ccc3cc(C)ccc3c2)cc1.[Y]. The first kappa shape index (κ1) is 16.1. The fourth-order valence-electron chi connectivity index (χ4n) is 2.22. The standard InChI is InChI=1S/C20H16.Y/c1-15-3-6-17(7-4-15)8-9-18-10-12-19-13-16(2)5-11-20(19)14-18;/h3-6,8,10-14H,1-2H3;/q-2;. The normalized spacial score (nSPS) is 10.8. The summed E-state index contributed by atoms with van der Waals surface area (Å²) in [6, 6.07) is 22.3. The van der Waals surface area contributed by atoms with Crippen LogP contribution in [0.15, 0.2) is 54.6 Å². The molecule has 0 aromatic heterocycles.